The van der Waals surface area contributed by atoms with E-state index in [0.717, 1.165) is 21.8 Å². The second-order valence-electron chi connectivity index (χ2n) is 5.34. The molecule has 0 aliphatic heterocycles. The van der Waals surface area contributed by atoms with Crippen LogP contribution in [0.15, 0.2) is 18.2 Å². The Balaban J connectivity index is 2.21. The Hall–Kier alpha value is -1.62. The van der Waals surface area contributed by atoms with Gasteiger partial charge in [-0.05, 0) is 37.0 Å². The molecule has 0 spiro atoms. The van der Waals surface area contributed by atoms with Gasteiger partial charge in [-0.3, -0.25) is 0 Å². The predicted molar refractivity (Wildman–Crippen MR) is 83.2 cm³/mol. The van der Waals surface area contributed by atoms with Crippen molar-refractivity contribution in [2.75, 3.05) is 12.4 Å². The minimum absolute atomic E-state index is 0.242. The summed E-state index contributed by atoms with van der Waals surface area (Å²) in [5, 5.41) is 3.97. The van der Waals surface area contributed by atoms with Crippen LogP contribution < -0.4 is 5.32 Å². The van der Waals surface area contributed by atoms with E-state index < -0.39 is 0 Å². The Morgan fingerprint density at radius 1 is 1.45 bits per heavy atom. The third-order valence-electron chi connectivity index (χ3n) is 3.03. The lowest BCUT2D eigenvalue weighted by molar-refractivity contribution is -0.141. The van der Waals surface area contributed by atoms with Crippen molar-refractivity contribution in [2.24, 2.45) is 5.92 Å². The van der Waals surface area contributed by atoms with Gasteiger partial charge in [0.05, 0.1) is 17.3 Å². The smallest absolute Gasteiger partial charge is 0.328 e. The number of aryl methyl sites for hydroxylation is 1. The number of ether oxygens (including phenoxy) is 1. The number of aromatic nitrogens is 1. The first-order chi connectivity index (χ1) is 9.49. The molecular weight excluding hydrogens is 272 g/mol. The van der Waals surface area contributed by atoms with Gasteiger partial charge in [0, 0.05) is 0 Å². The first-order valence-electron chi connectivity index (χ1n) is 6.71. The zero-order chi connectivity index (χ0) is 14.7. The molecule has 2 rings (SSSR count). The van der Waals surface area contributed by atoms with E-state index in [9.17, 15) is 4.79 Å². The van der Waals surface area contributed by atoms with Crippen LogP contribution in [-0.4, -0.2) is 24.1 Å². The molecule has 0 bridgehead atoms. The summed E-state index contributed by atoms with van der Waals surface area (Å²) in [5.41, 5.74) is 2.15. The molecule has 4 nitrogen and oxygen atoms in total. The molecule has 0 saturated heterocycles. The predicted octanol–water partition coefficient (Wildman–Crippen LogP) is 3.60. The molecule has 1 N–H and O–H groups in total. The maximum absolute atomic E-state index is 11.8. The van der Waals surface area contributed by atoms with Gasteiger partial charge >= 0.3 is 5.97 Å². The number of nitrogens with zero attached hydrogens (tertiary/aromatic N) is 1. The van der Waals surface area contributed by atoms with E-state index >= 15 is 0 Å². The summed E-state index contributed by atoms with van der Waals surface area (Å²) in [5.74, 6) is 0.164. The third-order valence-corrected chi connectivity index (χ3v) is 4.00. The summed E-state index contributed by atoms with van der Waals surface area (Å²) in [6.07, 6.45) is 0.724. The Morgan fingerprint density at radius 3 is 2.85 bits per heavy atom. The number of thiazole rings is 1. The van der Waals surface area contributed by atoms with E-state index in [0.29, 0.717) is 5.92 Å². The van der Waals surface area contributed by atoms with Gasteiger partial charge in [0.15, 0.2) is 5.13 Å². The molecule has 0 amide bonds. The van der Waals surface area contributed by atoms with Crippen LogP contribution in [0.25, 0.3) is 10.2 Å². The molecule has 1 aromatic heterocycles. The number of hydrogen-bond acceptors (Lipinski definition) is 5. The molecule has 20 heavy (non-hydrogen) atoms. The first kappa shape index (κ1) is 14.8. The van der Waals surface area contributed by atoms with Crippen molar-refractivity contribution in [2.45, 2.75) is 33.2 Å². The van der Waals surface area contributed by atoms with Crippen LogP contribution in [0.4, 0.5) is 5.13 Å². The van der Waals surface area contributed by atoms with E-state index in [4.69, 9.17) is 4.74 Å². The largest absolute Gasteiger partial charge is 0.467 e. The molecule has 0 aliphatic rings. The number of benzene rings is 1. The van der Waals surface area contributed by atoms with E-state index in [2.05, 4.69) is 36.3 Å². The summed E-state index contributed by atoms with van der Waals surface area (Å²) in [7, 11) is 1.42. The quantitative estimate of drug-likeness (QED) is 0.855. The van der Waals surface area contributed by atoms with Gasteiger partial charge in [-0.25, -0.2) is 9.78 Å². The van der Waals surface area contributed by atoms with Gasteiger partial charge in [-0.1, -0.05) is 31.3 Å². The number of carbonyl (C=O) groups is 1. The van der Waals surface area contributed by atoms with Gasteiger partial charge in [-0.2, -0.15) is 0 Å². The maximum Gasteiger partial charge on any atom is 0.328 e. The lowest BCUT2D eigenvalue weighted by Gasteiger charge is -2.17. The molecule has 1 aromatic carbocycles. The Morgan fingerprint density at radius 2 is 2.20 bits per heavy atom. The zero-order valence-electron chi connectivity index (χ0n) is 12.3. The molecule has 0 aliphatic carbocycles. The van der Waals surface area contributed by atoms with Crippen molar-refractivity contribution in [3.8, 4) is 0 Å². The normalized spacial score (nSPS) is 12.7. The van der Waals surface area contributed by atoms with E-state index in [1.54, 1.807) is 11.3 Å². The van der Waals surface area contributed by atoms with Gasteiger partial charge < -0.3 is 10.1 Å². The van der Waals surface area contributed by atoms with Crippen molar-refractivity contribution >= 4 is 32.7 Å². The molecule has 0 fully saturated rings. The van der Waals surface area contributed by atoms with Crippen LogP contribution in [0.3, 0.4) is 0 Å². The van der Waals surface area contributed by atoms with Crippen molar-refractivity contribution in [1.29, 1.82) is 0 Å². The van der Waals surface area contributed by atoms with Crippen LogP contribution in [0.1, 0.15) is 25.8 Å². The molecule has 1 atom stereocenters. The highest BCUT2D eigenvalue weighted by atomic mass is 32.1. The molecule has 2 aromatic rings. The van der Waals surface area contributed by atoms with E-state index in [-0.39, 0.29) is 12.0 Å². The number of methoxy groups -OCH3 is 1. The second kappa shape index (κ2) is 6.22. The minimum Gasteiger partial charge on any atom is -0.467 e. The van der Waals surface area contributed by atoms with Crippen molar-refractivity contribution < 1.29 is 9.53 Å². The summed E-state index contributed by atoms with van der Waals surface area (Å²) in [6.45, 7) is 6.21. The van der Waals surface area contributed by atoms with Gasteiger partial charge in [0.25, 0.3) is 0 Å². The SMILES string of the molecule is COC(=O)C(CC(C)C)Nc1nc2cc(C)ccc2s1. The van der Waals surface area contributed by atoms with Crippen LogP contribution in [0, 0.1) is 12.8 Å². The number of rotatable bonds is 5. The van der Waals surface area contributed by atoms with Crippen molar-refractivity contribution in [1.82, 2.24) is 4.98 Å². The Bertz CT molecular complexity index is 607. The lowest BCUT2D eigenvalue weighted by atomic mass is 10.0. The monoisotopic (exact) mass is 292 g/mol. The second-order valence-corrected chi connectivity index (χ2v) is 6.37. The molecular formula is C15H20N2O2S. The fourth-order valence-electron chi connectivity index (χ4n) is 2.08. The highest BCUT2D eigenvalue weighted by Gasteiger charge is 2.21. The highest BCUT2D eigenvalue weighted by Crippen LogP contribution is 2.27. The van der Waals surface area contributed by atoms with E-state index in [1.165, 1.54) is 12.7 Å². The van der Waals surface area contributed by atoms with Crippen LogP contribution >= 0.6 is 11.3 Å². The van der Waals surface area contributed by atoms with Crippen LogP contribution in [0.5, 0.6) is 0 Å². The van der Waals surface area contributed by atoms with Gasteiger partial charge in [-0.15, -0.1) is 0 Å². The fraction of sp³-hybridized carbons (Fsp3) is 0.467. The molecule has 0 saturated carbocycles. The summed E-state index contributed by atoms with van der Waals surface area (Å²) in [4.78, 5) is 16.4. The van der Waals surface area contributed by atoms with E-state index in [1.807, 2.05) is 13.0 Å². The van der Waals surface area contributed by atoms with Crippen LogP contribution in [0.2, 0.25) is 0 Å². The molecule has 1 heterocycles. The summed E-state index contributed by atoms with van der Waals surface area (Å²) in [6, 6.07) is 5.83. The third kappa shape index (κ3) is 3.48. The number of carbonyl (C=O) groups excluding carboxylic acids is 1. The maximum atomic E-state index is 11.8. The molecule has 1 unspecified atom stereocenters. The lowest BCUT2D eigenvalue weighted by Crippen LogP contribution is -2.32. The average molecular weight is 292 g/mol. The topological polar surface area (TPSA) is 51.2 Å². The van der Waals surface area contributed by atoms with Gasteiger partial charge in [0.1, 0.15) is 6.04 Å². The number of esters is 1. The fourth-order valence-corrected chi connectivity index (χ4v) is 2.97. The standard InChI is InChI=1S/C15H20N2O2S/c1-9(2)7-12(14(18)19-4)17-15-16-11-8-10(3)5-6-13(11)20-15/h5-6,8-9,12H,7H2,1-4H3,(H,16,17). The number of fused-ring (bicyclic) bond motifs is 1. The minimum atomic E-state index is -0.346. The van der Waals surface area contributed by atoms with Crippen molar-refractivity contribution in [3.05, 3.63) is 23.8 Å². The Kier molecular flexibility index (Phi) is 4.60. The molecule has 0 radical (unpaired) electrons. The first-order valence-corrected chi connectivity index (χ1v) is 7.53. The molecule has 108 valence electrons. The number of anilines is 1. The number of hydrogen-bond donors (Lipinski definition) is 1. The summed E-state index contributed by atoms with van der Waals surface area (Å²) >= 11 is 1.56. The van der Waals surface area contributed by atoms with Crippen LogP contribution in [-0.2, 0) is 9.53 Å². The Labute approximate surface area is 123 Å². The highest BCUT2D eigenvalue weighted by molar-refractivity contribution is 7.22. The van der Waals surface area contributed by atoms with Gasteiger partial charge in [0.2, 0.25) is 0 Å². The zero-order valence-corrected chi connectivity index (χ0v) is 13.1. The molecule has 5 heteroatoms. The average Bonchev–Trinajstić information content (AvgIpc) is 2.77. The van der Waals surface area contributed by atoms with Crippen molar-refractivity contribution in [3.63, 3.8) is 0 Å². The summed E-state index contributed by atoms with van der Waals surface area (Å²) < 4.78 is 5.97. The number of nitrogens with one attached hydrogen (secondary N) is 1.